The highest BCUT2D eigenvalue weighted by molar-refractivity contribution is 14.0. The molecule has 166 valence electrons. The molecule has 1 fully saturated rings. The van der Waals surface area contributed by atoms with Gasteiger partial charge in [-0.1, -0.05) is 48.5 Å². The molecular formula is C25H34IN5. The van der Waals surface area contributed by atoms with Crippen molar-refractivity contribution in [3.05, 3.63) is 71.9 Å². The predicted molar refractivity (Wildman–Crippen MR) is 141 cm³/mol. The lowest BCUT2D eigenvalue weighted by atomic mass is 9.97. The fourth-order valence-electron chi connectivity index (χ4n) is 4.38. The molecule has 0 bridgehead atoms. The van der Waals surface area contributed by atoms with E-state index in [1.165, 1.54) is 22.2 Å². The maximum atomic E-state index is 4.44. The van der Waals surface area contributed by atoms with E-state index >= 15 is 0 Å². The van der Waals surface area contributed by atoms with E-state index in [0.29, 0.717) is 12.1 Å². The van der Waals surface area contributed by atoms with Crippen LogP contribution in [0.1, 0.15) is 31.0 Å². The number of aromatic nitrogens is 1. The highest BCUT2D eigenvalue weighted by Gasteiger charge is 2.25. The van der Waals surface area contributed by atoms with E-state index in [2.05, 4.69) is 93.1 Å². The van der Waals surface area contributed by atoms with Gasteiger partial charge < -0.3 is 15.6 Å². The highest BCUT2D eigenvalue weighted by atomic mass is 127. The molecule has 0 radical (unpaired) electrons. The zero-order chi connectivity index (χ0) is 20.8. The van der Waals surface area contributed by atoms with Crippen molar-refractivity contribution in [3.63, 3.8) is 0 Å². The number of nitrogens with one attached hydrogen (secondary N) is 3. The molecular weight excluding hydrogens is 497 g/mol. The van der Waals surface area contributed by atoms with Gasteiger partial charge in [-0.3, -0.25) is 9.89 Å². The van der Waals surface area contributed by atoms with Crippen molar-refractivity contribution in [2.45, 2.75) is 44.8 Å². The van der Waals surface area contributed by atoms with Gasteiger partial charge >= 0.3 is 0 Å². The van der Waals surface area contributed by atoms with Crippen LogP contribution in [-0.2, 0) is 13.0 Å². The quantitative estimate of drug-likeness (QED) is 0.249. The molecule has 0 spiro atoms. The number of halogens is 1. The number of guanidine groups is 1. The van der Waals surface area contributed by atoms with Crippen LogP contribution in [0.5, 0.6) is 0 Å². The Bertz CT molecular complexity index is 935. The van der Waals surface area contributed by atoms with Gasteiger partial charge in [0.25, 0.3) is 0 Å². The largest absolute Gasteiger partial charge is 0.358 e. The zero-order valence-corrected chi connectivity index (χ0v) is 20.8. The van der Waals surface area contributed by atoms with Crippen LogP contribution in [-0.4, -0.2) is 48.1 Å². The molecule has 1 aliphatic heterocycles. The standard InChI is InChI=1S/C25H33N5.HI/c1-19-16-23(13-15-30(19)18-20-8-4-3-5-9-20)29-25(26-2)27-14-12-22-17-21-10-6-7-11-24(21)28-22;/h3-11,17,19,23,28H,12-16,18H2,1-2H3,(H2,26,27,29);1H. The fourth-order valence-corrected chi connectivity index (χ4v) is 4.38. The number of benzene rings is 2. The summed E-state index contributed by atoms with van der Waals surface area (Å²) in [7, 11) is 1.85. The van der Waals surface area contributed by atoms with E-state index in [0.717, 1.165) is 44.9 Å². The Kier molecular flexibility index (Phi) is 8.78. The topological polar surface area (TPSA) is 55.5 Å². The van der Waals surface area contributed by atoms with Gasteiger partial charge in [-0.05, 0) is 42.8 Å². The summed E-state index contributed by atoms with van der Waals surface area (Å²) in [6, 6.07) is 22.4. The second kappa shape index (κ2) is 11.5. The van der Waals surface area contributed by atoms with Gasteiger partial charge in [0, 0.05) is 56.4 Å². The van der Waals surface area contributed by atoms with Crippen LogP contribution in [0.4, 0.5) is 0 Å². The van der Waals surface area contributed by atoms with Gasteiger partial charge in [0.05, 0.1) is 0 Å². The molecule has 5 nitrogen and oxygen atoms in total. The SMILES string of the molecule is CN=C(NCCc1cc2ccccc2[nH]1)NC1CCN(Cc2ccccc2)C(C)C1.I. The van der Waals surface area contributed by atoms with Crippen LogP contribution >= 0.6 is 24.0 Å². The first-order chi connectivity index (χ1) is 14.7. The number of likely N-dealkylation sites (tertiary alicyclic amines) is 1. The Morgan fingerprint density at radius 2 is 1.90 bits per heavy atom. The number of nitrogens with zero attached hydrogens (tertiary/aromatic N) is 2. The van der Waals surface area contributed by atoms with Crippen molar-refractivity contribution in [2.24, 2.45) is 4.99 Å². The lowest BCUT2D eigenvalue weighted by Gasteiger charge is -2.38. The molecule has 31 heavy (non-hydrogen) atoms. The van der Waals surface area contributed by atoms with E-state index in [4.69, 9.17) is 0 Å². The van der Waals surface area contributed by atoms with E-state index < -0.39 is 0 Å². The summed E-state index contributed by atoms with van der Waals surface area (Å²) in [6.07, 6.45) is 3.22. The van der Waals surface area contributed by atoms with Crippen molar-refractivity contribution >= 4 is 40.8 Å². The summed E-state index contributed by atoms with van der Waals surface area (Å²) < 4.78 is 0. The number of hydrogen-bond acceptors (Lipinski definition) is 2. The number of aromatic amines is 1. The predicted octanol–water partition coefficient (Wildman–Crippen LogP) is 4.55. The Balaban J connectivity index is 0.00000272. The van der Waals surface area contributed by atoms with Gasteiger partial charge in [0.1, 0.15) is 0 Å². The maximum Gasteiger partial charge on any atom is 0.191 e. The molecule has 0 amide bonds. The molecule has 3 aromatic rings. The minimum absolute atomic E-state index is 0. The average molecular weight is 531 g/mol. The van der Waals surface area contributed by atoms with Crippen LogP contribution in [0, 0.1) is 0 Å². The summed E-state index contributed by atoms with van der Waals surface area (Å²) in [5, 5.41) is 8.39. The van der Waals surface area contributed by atoms with E-state index in [1.54, 1.807) is 0 Å². The lowest BCUT2D eigenvalue weighted by Crippen LogP contribution is -2.51. The molecule has 0 aliphatic carbocycles. The number of aliphatic imine (C=N–C) groups is 1. The third-order valence-corrected chi connectivity index (χ3v) is 6.08. The van der Waals surface area contributed by atoms with E-state index in [9.17, 15) is 0 Å². The third kappa shape index (κ3) is 6.46. The lowest BCUT2D eigenvalue weighted by molar-refractivity contribution is 0.134. The number of rotatable bonds is 6. The van der Waals surface area contributed by atoms with Crippen LogP contribution < -0.4 is 10.6 Å². The first-order valence-corrected chi connectivity index (χ1v) is 11.0. The molecule has 2 atom stereocenters. The molecule has 4 rings (SSSR count). The van der Waals surface area contributed by atoms with Gasteiger partial charge in [0.2, 0.25) is 0 Å². The van der Waals surface area contributed by atoms with Crippen LogP contribution in [0.25, 0.3) is 10.9 Å². The zero-order valence-electron chi connectivity index (χ0n) is 18.5. The molecule has 2 unspecified atom stereocenters. The summed E-state index contributed by atoms with van der Waals surface area (Å²) in [5.74, 6) is 0.903. The van der Waals surface area contributed by atoms with Crippen molar-refractivity contribution in [1.29, 1.82) is 0 Å². The number of para-hydroxylation sites is 1. The number of H-pyrrole nitrogens is 1. The Labute approximate surface area is 202 Å². The molecule has 1 aromatic heterocycles. The van der Waals surface area contributed by atoms with E-state index in [1.807, 2.05) is 7.05 Å². The van der Waals surface area contributed by atoms with Crippen molar-refractivity contribution < 1.29 is 0 Å². The summed E-state index contributed by atoms with van der Waals surface area (Å²) >= 11 is 0. The molecule has 2 heterocycles. The first kappa shape index (κ1) is 23.6. The van der Waals surface area contributed by atoms with Crippen LogP contribution in [0.15, 0.2) is 65.7 Å². The second-order valence-electron chi connectivity index (χ2n) is 8.30. The third-order valence-electron chi connectivity index (χ3n) is 6.08. The van der Waals surface area contributed by atoms with Gasteiger partial charge in [-0.15, -0.1) is 24.0 Å². The molecule has 1 aliphatic rings. The molecule has 1 saturated heterocycles. The maximum absolute atomic E-state index is 4.44. The monoisotopic (exact) mass is 531 g/mol. The van der Waals surface area contributed by atoms with Crippen molar-refractivity contribution in [2.75, 3.05) is 20.1 Å². The molecule has 0 saturated carbocycles. The molecule has 6 heteroatoms. The summed E-state index contributed by atoms with van der Waals surface area (Å²) in [6.45, 7) is 5.34. The second-order valence-corrected chi connectivity index (χ2v) is 8.30. The van der Waals surface area contributed by atoms with Gasteiger partial charge in [0.15, 0.2) is 5.96 Å². The normalized spacial score (nSPS) is 19.7. The molecule has 3 N–H and O–H groups in total. The fraction of sp³-hybridized carbons (Fsp3) is 0.400. The van der Waals surface area contributed by atoms with Crippen LogP contribution in [0.3, 0.4) is 0 Å². The summed E-state index contributed by atoms with van der Waals surface area (Å²) in [4.78, 5) is 10.5. The Hall–Kier alpha value is -2.06. The smallest absolute Gasteiger partial charge is 0.191 e. The average Bonchev–Trinajstić information content (AvgIpc) is 3.18. The minimum atomic E-state index is 0. The number of hydrogen-bond donors (Lipinski definition) is 3. The number of piperidine rings is 1. The highest BCUT2D eigenvalue weighted by Crippen LogP contribution is 2.20. The Morgan fingerprint density at radius 3 is 2.65 bits per heavy atom. The van der Waals surface area contributed by atoms with Crippen molar-refractivity contribution in [3.8, 4) is 0 Å². The van der Waals surface area contributed by atoms with Gasteiger partial charge in [-0.25, -0.2) is 0 Å². The minimum Gasteiger partial charge on any atom is -0.358 e. The first-order valence-electron chi connectivity index (χ1n) is 11.0. The number of fused-ring (bicyclic) bond motifs is 1. The van der Waals surface area contributed by atoms with Gasteiger partial charge in [-0.2, -0.15) is 0 Å². The summed E-state index contributed by atoms with van der Waals surface area (Å²) in [5.41, 5.74) is 3.85. The van der Waals surface area contributed by atoms with E-state index in [-0.39, 0.29) is 24.0 Å². The van der Waals surface area contributed by atoms with Crippen LogP contribution in [0.2, 0.25) is 0 Å². The van der Waals surface area contributed by atoms with Crippen molar-refractivity contribution in [1.82, 2.24) is 20.5 Å². The molecule has 2 aromatic carbocycles. The Morgan fingerprint density at radius 1 is 1.13 bits per heavy atom.